The summed E-state index contributed by atoms with van der Waals surface area (Å²) in [5, 5.41) is 2.68. The number of anilines is 1. The van der Waals surface area contributed by atoms with E-state index < -0.39 is 11.8 Å². The van der Waals surface area contributed by atoms with E-state index in [1.807, 2.05) is 19.9 Å². The quantitative estimate of drug-likeness (QED) is 0.814. The third-order valence-electron chi connectivity index (χ3n) is 5.36. The molecule has 6 heteroatoms. The number of aromatic nitrogens is 1. The van der Waals surface area contributed by atoms with Crippen molar-refractivity contribution in [1.29, 1.82) is 0 Å². The fourth-order valence-corrected chi connectivity index (χ4v) is 3.73. The van der Waals surface area contributed by atoms with E-state index in [0.717, 1.165) is 36.1 Å². The zero-order chi connectivity index (χ0) is 20.3. The van der Waals surface area contributed by atoms with Crippen molar-refractivity contribution in [3.05, 3.63) is 59.2 Å². The van der Waals surface area contributed by atoms with Gasteiger partial charge in [0.2, 0.25) is 0 Å². The third-order valence-corrected chi connectivity index (χ3v) is 5.36. The molecule has 1 fully saturated rings. The highest BCUT2D eigenvalue weighted by atomic mass is 19.1. The normalized spacial score (nSPS) is 19.4. The van der Waals surface area contributed by atoms with Crippen molar-refractivity contribution < 1.29 is 14.0 Å². The van der Waals surface area contributed by atoms with Gasteiger partial charge in [-0.25, -0.2) is 4.39 Å². The number of nitrogens with zero attached hydrogens (tertiary/aromatic N) is 2. The average Bonchev–Trinajstić information content (AvgIpc) is 2.69. The number of nitrogens with one attached hydrogen (secondary N) is 1. The molecule has 5 nitrogen and oxygen atoms in total. The van der Waals surface area contributed by atoms with Gasteiger partial charge in [0.05, 0.1) is 17.9 Å². The second-order valence-corrected chi connectivity index (χ2v) is 7.48. The van der Waals surface area contributed by atoms with Crippen LogP contribution in [0.15, 0.2) is 36.5 Å². The lowest BCUT2D eigenvalue weighted by Crippen LogP contribution is -2.46. The van der Waals surface area contributed by atoms with E-state index in [1.54, 1.807) is 23.2 Å². The Balaban J connectivity index is 1.79. The first-order valence-corrected chi connectivity index (χ1v) is 9.72. The zero-order valence-electron chi connectivity index (χ0n) is 16.5. The number of hydrogen-bond donors (Lipinski definition) is 1. The minimum atomic E-state index is -0.672. The van der Waals surface area contributed by atoms with Gasteiger partial charge in [-0.05, 0) is 61.4 Å². The molecule has 0 unspecified atom stereocenters. The van der Waals surface area contributed by atoms with Crippen LogP contribution < -0.4 is 5.32 Å². The predicted molar refractivity (Wildman–Crippen MR) is 106 cm³/mol. The number of amides is 2. The Morgan fingerprint density at radius 1 is 1.25 bits per heavy atom. The number of aryl methyl sites for hydroxylation is 2. The molecule has 1 aromatic heterocycles. The van der Waals surface area contributed by atoms with Gasteiger partial charge in [-0.1, -0.05) is 26.0 Å². The number of piperidine rings is 1. The second kappa shape index (κ2) is 8.50. The highest BCUT2D eigenvalue weighted by Crippen LogP contribution is 2.33. The Labute approximate surface area is 165 Å². The highest BCUT2D eigenvalue weighted by molar-refractivity contribution is 6.39. The molecule has 2 amide bonds. The summed E-state index contributed by atoms with van der Waals surface area (Å²) in [6, 6.07) is 7.78. The van der Waals surface area contributed by atoms with E-state index in [9.17, 15) is 14.0 Å². The molecule has 1 aliphatic rings. The maximum absolute atomic E-state index is 13.3. The first-order chi connectivity index (χ1) is 13.4. The van der Waals surface area contributed by atoms with Crippen molar-refractivity contribution >= 4 is 17.5 Å². The molecule has 3 rings (SSSR count). The molecule has 0 aliphatic carbocycles. The Kier molecular flexibility index (Phi) is 6.07. The Bertz CT molecular complexity index is 867. The van der Waals surface area contributed by atoms with Gasteiger partial charge in [-0.3, -0.25) is 14.6 Å². The minimum Gasteiger partial charge on any atom is -0.327 e. The van der Waals surface area contributed by atoms with Crippen LogP contribution in [0.1, 0.15) is 49.6 Å². The molecule has 1 aliphatic heterocycles. The van der Waals surface area contributed by atoms with E-state index in [2.05, 4.69) is 17.2 Å². The van der Waals surface area contributed by atoms with Gasteiger partial charge in [0.25, 0.3) is 0 Å². The summed E-state index contributed by atoms with van der Waals surface area (Å²) in [6.07, 6.45) is 4.07. The lowest BCUT2D eigenvalue weighted by atomic mass is 9.90. The summed E-state index contributed by atoms with van der Waals surface area (Å²) in [4.78, 5) is 31.5. The van der Waals surface area contributed by atoms with Crippen LogP contribution in [0, 0.1) is 18.7 Å². The molecule has 0 saturated carbocycles. The Morgan fingerprint density at radius 3 is 2.64 bits per heavy atom. The molecule has 1 aromatic carbocycles. The van der Waals surface area contributed by atoms with Crippen molar-refractivity contribution in [2.75, 3.05) is 11.9 Å². The van der Waals surface area contributed by atoms with E-state index in [-0.39, 0.29) is 11.9 Å². The van der Waals surface area contributed by atoms with Crippen LogP contribution in [0.2, 0.25) is 0 Å². The second-order valence-electron chi connectivity index (χ2n) is 7.48. The molecule has 0 bridgehead atoms. The van der Waals surface area contributed by atoms with Gasteiger partial charge in [-0.2, -0.15) is 0 Å². The zero-order valence-corrected chi connectivity index (χ0v) is 16.5. The molecular formula is C22H26FN3O2. The summed E-state index contributed by atoms with van der Waals surface area (Å²) < 4.78 is 13.3. The molecule has 2 atom stereocenters. The van der Waals surface area contributed by atoms with Gasteiger partial charge >= 0.3 is 11.8 Å². The van der Waals surface area contributed by atoms with Crippen LogP contribution in [-0.2, 0) is 16.0 Å². The number of benzene rings is 1. The number of rotatable bonds is 3. The Morgan fingerprint density at radius 2 is 1.96 bits per heavy atom. The van der Waals surface area contributed by atoms with Crippen LogP contribution in [-0.4, -0.2) is 28.2 Å². The van der Waals surface area contributed by atoms with E-state index >= 15 is 0 Å². The lowest BCUT2D eigenvalue weighted by molar-refractivity contribution is -0.146. The minimum absolute atomic E-state index is 0.225. The van der Waals surface area contributed by atoms with Gasteiger partial charge in [0, 0.05) is 12.2 Å². The van der Waals surface area contributed by atoms with Gasteiger partial charge in [0.15, 0.2) is 0 Å². The number of likely N-dealkylation sites (tertiary alicyclic amines) is 1. The monoisotopic (exact) mass is 383 g/mol. The van der Waals surface area contributed by atoms with Crippen LogP contribution in [0.25, 0.3) is 0 Å². The fraction of sp³-hybridized carbons (Fsp3) is 0.409. The van der Waals surface area contributed by atoms with Crippen LogP contribution in [0.4, 0.5) is 10.1 Å². The van der Waals surface area contributed by atoms with Gasteiger partial charge in [0.1, 0.15) is 5.82 Å². The van der Waals surface area contributed by atoms with Crippen molar-refractivity contribution in [3.8, 4) is 0 Å². The highest BCUT2D eigenvalue weighted by Gasteiger charge is 2.34. The van der Waals surface area contributed by atoms with Crippen LogP contribution >= 0.6 is 0 Å². The summed E-state index contributed by atoms with van der Waals surface area (Å²) in [5.41, 5.74) is 3.30. The van der Waals surface area contributed by atoms with Crippen molar-refractivity contribution in [2.45, 2.75) is 46.1 Å². The molecular weight excluding hydrogens is 357 g/mol. The molecule has 1 saturated heterocycles. The number of hydrogen-bond acceptors (Lipinski definition) is 3. The van der Waals surface area contributed by atoms with Gasteiger partial charge in [-0.15, -0.1) is 0 Å². The molecule has 28 heavy (non-hydrogen) atoms. The summed E-state index contributed by atoms with van der Waals surface area (Å²) in [7, 11) is 0. The van der Waals surface area contributed by atoms with Crippen molar-refractivity contribution in [1.82, 2.24) is 9.88 Å². The number of carbonyl (C=O) groups excluding carboxylic acids is 2. The molecule has 0 radical (unpaired) electrons. The smallest absolute Gasteiger partial charge is 0.313 e. The molecule has 2 aromatic rings. The fourth-order valence-electron chi connectivity index (χ4n) is 3.73. The van der Waals surface area contributed by atoms with Crippen LogP contribution in [0.3, 0.4) is 0 Å². The van der Waals surface area contributed by atoms with Crippen LogP contribution in [0.5, 0.6) is 0 Å². The van der Waals surface area contributed by atoms with Crippen molar-refractivity contribution in [2.24, 2.45) is 5.92 Å². The summed E-state index contributed by atoms with van der Waals surface area (Å²) in [5.74, 6) is -1.25. The van der Waals surface area contributed by atoms with Gasteiger partial charge < -0.3 is 10.2 Å². The summed E-state index contributed by atoms with van der Waals surface area (Å²) in [6.45, 7) is 6.50. The SMILES string of the molecule is CCc1cc(NC(=O)C(=O)N2C[C@H](C)CC[C@H]2c2ccc(F)cc2)cnc1C. The molecule has 0 spiro atoms. The lowest BCUT2D eigenvalue weighted by Gasteiger charge is -2.38. The first kappa shape index (κ1) is 20.0. The Hall–Kier alpha value is -2.76. The van der Waals surface area contributed by atoms with E-state index in [0.29, 0.717) is 18.2 Å². The molecule has 2 heterocycles. The number of halogens is 1. The number of pyridine rings is 1. The predicted octanol–water partition coefficient (Wildman–Crippen LogP) is 4.03. The standard InChI is InChI=1S/C22H26FN3O2/c1-4-16-11-19(12-24-15(16)3)25-21(27)22(28)26-13-14(2)5-10-20(26)17-6-8-18(23)9-7-17/h6-9,11-12,14,20H,4-5,10,13H2,1-3H3,(H,25,27)/t14-,20+/m1/s1. The topological polar surface area (TPSA) is 62.3 Å². The first-order valence-electron chi connectivity index (χ1n) is 9.72. The third kappa shape index (κ3) is 4.38. The summed E-state index contributed by atoms with van der Waals surface area (Å²) >= 11 is 0. The van der Waals surface area contributed by atoms with E-state index in [4.69, 9.17) is 0 Å². The maximum Gasteiger partial charge on any atom is 0.313 e. The van der Waals surface area contributed by atoms with E-state index in [1.165, 1.54) is 12.1 Å². The van der Waals surface area contributed by atoms with Crippen molar-refractivity contribution in [3.63, 3.8) is 0 Å². The average molecular weight is 383 g/mol. The molecule has 148 valence electrons. The maximum atomic E-state index is 13.3. The number of carbonyl (C=O) groups is 2. The largest absolute Gasteiger partial charge is 0.327 e. The molecule has 1 N–H and O–H groups in total.